The molecule has 0 aliphatic heterocycles. The molecule has 6 nitrogen and oxygen atoms in total. The van der Waals surface area contributed by atoms with Crippen molar-refractivity contribution in [2.75, 3.05) is 6.54 Å². The van der Waals surface area contributed by atoms with Gasteiger partial charge in [0.25, 0.3) is 0 Å². The van der Waals surface area contributed by atoms with Crippen LogP contribution in [-0.2, 0) is 9.59 Å². The summed E-state index contributed by atoms with van der Waals surface area (Å²) in [4.78, 5) is 22.7. The normalized spacial score (nSPS) is 20.7. The first-order valence-electron chi connectivity index (χ1n) is 16.2. The Labute approximate surface area is 240 Å². The SMILES string of the molecule is CCCCC(C)(O)C/C=C/[C@H]1[C@H](O)CC(=O)[C@@H]1CCCCCCC(=O)O.CCCCCCCCCCCCN. The summed E-state index contributed by atoms with van der Waals surface area (Å²) in [6, 6.07) is 0. The Kier molecular flexibility index (Phi) is 23.8. The lowest BCUT2D eigenvalue weighted by molar-refractivity contribution is -0.137. The summed E-state index contributed by atoms with van der Waals surface area (Å²) in [5.74, 6) is -0.959. The van der Waals surface area contributed by atoms with Crippen LogP contribution in [0.5, 0.6) is 0 Å². The van der Waals surface area contributed by atoms with Gasteiger partial charge in [-0.2, -0.15) is 0 Å². The van der Waals surface area contributed by atoms with E-state index in [-0.39, 0.29) is 30.5 Å². The van der Waals surface area contributed by atoms with Crippen LogP contribution >= 0.6 is 0 Å². The highest BCUT2D eigenvalue weighted by molar-refractivity contribution is 5.84. The van der Waals surface area contributed by atoms with Gasteiger partial charge in [0.1, 0.15) is 5.78 Å². The topological polar surface area (TPSA) is 121 Å². The molecule has 0 radical (unpaired) electrons. The summed E-state index contributed by atoms with van der Waals surface area (Å²) in [5, 5.41) is 29.2. The molecule has 1 saturated carbocycles. The van der Waals surface area contributed by atoms with Crippen molar-refractivity contribution < 1.29 is 24.9 Å². The van der Waals surface area contributed by atoms with E-state index in [9.17, 15) is 19.8 Å². The Hall–Kier alpha value is -1.24. The number of aliphatic hydroxyl groups is 2. The highest BCUT2D eigenvalue weighted by Crippen LogP contribution is 2.34. The maximum atomic E-state index is 12.2. The van der Waals surface area contributed by atoms with E-state index in [4.69, 9.17) is 10.8 Å². The Bertz CT molecular complexity index is 624. The van der Waals surface area contributed by atoms with E-state index < -0.39 is 17.7 Å². The summed E-state index contributed by atoms with van der Waals surface area (Å²) >= 11 is 0. The zero-order chi connectivity index (χ0) is 29.4. The van der Waals surface area contributed by atoms with Crippen LogP contribution in [0.15, 0.2) is 12.2 Å². The average Bonchev–Trinajstić information content (AvgIpc) is 3.16. The van der Waals surface area contributed by atoms with E-state index >= 15 is 0 Å². The van der Waals surface area contributed by atoms with Crippen molar-refractivity contribution in [2.45, 2.75) is 167 Å². The number of carboxylic acids is 1. The molecule has 0 saturated heterocycles. The number of hydrogen-bond donors (Lipinski definition) is 4. The zero-order valence-corrected chi connectivity index (χ0v) is 25.7. The van der Waals surface area contributed by atoms with Crippen LogP contribution in [0.3, 0.4) is 0 Å². The fraction of sp³-hybridized carbons (Fsp3) is 0.879. The average molecular weight is 554 g/mol. The summed E-state index contributed by atoms with van der Waals surface area (Å²) in [6.45, 7) is 7.07. The fourth-order valence-corrected chi connectivity index (χ4v) is 5.36. The molecule has 5 N–H and O–H groups in total. The minimum atomic E-state index is -0.765. The van der Waals surface area contributed by atoms with Gasteiger partial charge in [-0.25, -0.2) is 0 Å². The third-order valence-electron chi connectivity index (χ3n) is 7.93. The van der Waals surface area contributed by atoms with Gasteiger partial charge in [-0.15, -0.1) is 0 Å². The standard InChI is InChI=1S/C21H36O5.C12H27N/c1-3-4-13-21(2,26)14-9-11-17-16(18(22)15-19(17)23)10-7-5-6-8-12-20(24)25;1-2-3-4-5-6-7-8-9-10-11-12-13/h9,11,16-17,19,23,26H,3-8,10,12-15H2,1-2H3,(H,24,25);2-13H2,1H3/b11-9+;/t16-,17-,19-,21?;/m1./s1. The largest absolute Gasteiger partial charge is 0.481 e. The Morgan fingerprint density at radius 2 is 1.44 bits per heavy atom. The van der Waals surface area contributed by atoms with Gasteiger partial charge in [0.15, 0.2) is 0 Å². The number of rotatable bonds is 23. The van der Waals surface area contributed by atoms with E-state index in [0.29, 0.717) is 12.8 Å². The van der Waals surface area contributed by atoms with Crippen molar-refractivity contribution in [3.63, 3.8) is 0 Å². The minimum Gasteiger partial charge on any atom is -0.481 e. The summed E-state index contributed by atoms with van der Waals surface area (Å²) in [5.41, 5.74) is 4.69. The molecule has 0 aromatic carbocycles. The van der Waals surface area contributed by atoms with Crippen LogP contribution in [0.25, 0.3) is 0 Å². The van der Waals surface area contributed by atoms with Gasteiger partial charge in [0, 0.05) is 24.7 Å². The number of Topliss-reactive ketones (excluding diaryl/α,β-unsaturated/α-hetero) is 1. The van der Waals surface area contributed by atoms with Crippen LogP contribution in [0.1, 0.15) is 156 Å². The number of unbranched alkanes of at least 4 members (excludes halogenated alkanes) is 13. The molecule has 0 aromatic heterocycles. The molecular formula is C33H63NO5. The molecule has 0 bridgehead atoms. The van der Waals surface area contributed by atoms with E-state index in [0.717, 1.165) is 51.5 Å². The number of aliphatic hydroxyl groups excluding tert-OH is 1. The third-order valence-corrected chi connectivity index (χ3v) is 7.93. The smallest absolute Gasteiger partial charge is 0.303 e. The summed E-state index contributed by atoms with van der Waals surface area (Å²) in [7, 11) is 0. The maximum absolute atomic E-state index is 12.2. The Morgan fingerprint density at radius 3 is 2.00 bits per heavy atom. The molecular weight excluding hydrogens is 490 g/mol. The van der Waals surface area contributed by atoms with Crippen molar-refractivity contribution >= 4 is 11.8 Å². The molecule has 1 rings (SSSR count). The van der Waals surface area contributed by atoms with Crippen molar-refractivity contribution in [1.29, 1.82) is 0 Å². The van der Waals surface area contributed by atoms with Crippen molar-refractivity contribution in [1.82, 2.24) is 0 Å². The lowest BCUT2D eigenvalue weighted by Crippen LogP contribution is -2.23. The second-order valence-corrected chi connectivity index (χ2v) is 12.0. The molecule has 230 valence electrons. The van der Waals surface area contributed by atoms with Crippen LogP contribution < -0.4 is 5.73 Å². The summed E-state index contributed by atoms with van der Waals surface area (Å²) in [6.07, 6.45) is 24.9. The van der Waals surface area contributed by atoms with Gasteiger partial charge in [-0.1, -0.05) is 116 Å². The van der Waals surface area contributed by atoms with Gasteiger partial charge in [-0.3, -0.25) is 9.59 Å². The van der Waals surface area contributed by atoms with Gasteiger partial charge >= 0.3 is 5.97 Å². The summed E-state index contributed by atoms with van der Waals surface area (Å²) < 4.78 is 0. The quantitative estimate of drug-likeness (QED) is 0.0759. The highest BCUT2D eigenvalue weighted by atomic mass is 16.4. The zero-order valence-electron chi connectivity index (χ0n) is 25.7. The van der Waals surface area contributed by atoms with E-state index in [1.807, 2.05) is 19.1 Å². The maximum Gasteiger partial charge on any atom is 0.303 e. The number of carbonyl (C=O) groups excluding carboxylic acids is 1. The molecule has 1 aliphatic carbocycles. The van der Waals surface area contributed by atoms with E-state index in [2.05, 4.69) is 13.8 Å². The third kappa shape index (κ3) is 21.2. The molecule has 1 fully saturated rings. The molecule has 4 atom stereocenters. The van der Waals surface area contributed by atoms with Gasteiger partial charge in [0.2, 0.25) is 0 Å². The van der Waals surface area contributed by atoms with Crippen LogP contribution in [0.4, 0.5) is 0 Å². The van der Waals surface area contributed by atoms with Gasteiger partial charge in [-0.05, 0) is 45.6 Å². The second-order valence-electron chi connectivity index (χ2n) is 12.0. The van der Waals surface area contributed by atoms with Crippen LogP contribution in [0.2, 0.25) is 0 Å². The van der Waals surface area contributed by atoms with E-state index in [1.54, 1.807) is 0 Å². The number of carbonyl (C=O) groups is 2. The van der Waals surface area contributed by atoms with Crippen LogP contribution in [0, 0.1) is 11.8 Å². The van der Waals surface area contributed by atoms with Crippen molar-refractivity contribution in [3.8, 4) is 0 Å². The minimum absolute atomic E-state index is 0.121. The molecule has 6 heteroatoms. The first-order valence-corrected chi connectivity index (χ1v) is 16.2. The lowest BCUT2D eigenvalue weighted by Gasteiger charge is -2.22. The molecule has 39 heavy (non-hydrogen) atoms. The predicted molar refractivity (Wildman–Crippen MR) is 163 cm³/mol. The molecule has 1 aliphatic rings. The molecule has 0 aromatic rings. The fourth-order valence-electron chi connectivity index (χ4n) is 5.36. The first kappa shape index (κ1) is 37.8. The molecule has 0 heterocycles. The lowest BCUT2D eigenvalue weighted by atomic mass is 9.87. The van der Waals surface area contributed by atoms with Gasteiger partial charge < -0.3 is 21.1 Å². The van der Waals surface area contributed by atoms with Gasteiger partial charge in [0.05, 0.1) is 11.7 Å². The molecule has 0 amide bonds. The van der Waals surface area contributed by atoms with Crippen molar-refractivity contribution in [3.05, 3.63) is 12.2 Å². The Morgan fingerprint density at radius 1 is 0.897 bits per heavy atom. The number of aliphatic carboxylic acids is 1. The highest BCUT2D eigenvalue weighted by Gasteiger charge is 2.39. The Balaban J connectivity index is 0.000000935. The number of hydrogen-bond acceptors (Lipinski definition) is 5. The monoisotopic (exact) mass is 553 g/mol. The first-order chi connectivity index (χ1) is 18.7. The number of carboxylic acid groups (broad SMARTS) is 1. The van der Waals surface area contributed by atoms with Crippen molar-refractivity contribution in [2.24, 2.45) is 17.6 Å². The van der Waals surface area contributed by atoms with E-state index in [1.165, 1.54) is 64.2 Å². The molecule has 1 unspecified atom stereocenters. The van der Waals surface area contributed by atoms with Crippen LogP contribution in [-0.4, -0.2) is 45.3 Å². The molecule has 0 spiro atoms. The predicted octanol–water partition coefficient (Wildman–Crippen LogP) is 7.73. The number of nitrogens with two attached hydrogens (primary N) is 1. The number of ketones is 1. The second kappa shape index (κ2) is 24.5.